The van der Waals surface area contributed by atoms with Gasteiger partial charge in [0.2, 0.25) is 5.69 Å². The summed E-state index contributed by atoms with van der Waals surface area (Å²) in [5.74, 6) is 0. The minimum absolute atomic E-state index is 0.348. The molecule has 0 aliphatic rings. The van der Waals surface area contributed by atoms with E-state index in [0.717, 1.165) is 115 Å². The molecule has 7 nitrogen and oxygen atoms in total. The molecule has 0 radical (unpaired) electrons. The van der Waals surface area contributed by atoms with Crippen molar-refractivity contribution in [3.63, 3.8) is 0 Å². The lowest BCUT2D eigenvalue weighted by molar-refractivity contribution is 0.671. The molecule has 0 saturated carbocycles. The average Bonchev–Trinajstić information content (AvgIpc) is 4.21. The summed E-state index contributed by atoms with van der Waals surface area (Å²) in [5.41, 5.74) is 13.1. The molecule has 10 aromatic carbocycles. The number of hydrogen-bond donors (Lipinski definition) is 0. The Labute approximate surface area is 399 Å². The Morgan fingerprint density at radius 2 is 0.814 bits per heavy atom. The standard InChI is InChI=1S/C63H36N6O/c1-37-31-34-55-47(35-37)45-32-33-46-44-23-9-16-30-56(44)70-63(46)60(45)69(55)59-48(36-64)58(66-49-24-10-3-17-38(49)39-18-4-11-25-50(39)66)57(65-2)61(67-51-26-12-5-19-40(51)41-20-6-13-27-52(41)67)62(59)68-53-28-14-7-21-42(53)43-22-8-15-29-54(43)68/h3-35H,1H3. The van der Waals surface area contributed by atoms with Crippen LogP contribution in [0.15, 0.2) is 205 Å². The van der Waals surface area contributed by atoms with E-state index >= 15 is 0 Å². The quantitative estimate of drug-likeness (QED) is 0.165. The molecule has 0 bridgehead atoms. The van der Waals surface area contributed by atoms with Crippen LogP contribution in [0, 0.1) is 24.8 Å². The number of aryl methyl sites for hydroxylation is 1. The van der Waals surface area contributed by atoms with Gasteiger partial charge in [0.05, 0.1) is 79.0 Å². The molecule has 15 rings (SSSR count). The molecule has 0 N–H and O–H groups in total. The van der Waals surface area contributed by atoms with Crippen LogP contribution in [0.1, 0.15) is 11.1 Å². The molecule has 15 aromatic rings. The van der Waals surface area contributed by atoms with Crippen molar-refractivity contribution in [1.82, 2.24) is 18.3 Å². The summed E-state index contributed by atoms with van der Waals surface area (Å²) in [6.45, 7) is 11.8. The van der Waals surface area contributed by atoms with Gasteiger partial charge in [0.15, 0.2) is 5.58 Å². The van der Waals surface area contributed by atoms with E-state index in [1.807, 2.05) is 30.3 Å². The van der Waals surface area contributed by atoms with Crippen molar-refractivity contribution in [2.45, 2.75) is 6.92 Å². The van der Waals surface area contributed by atoms with E-state index < -0.39 is 0 Å². The number of nitrogens with zero attached hydrogens (tertiary/aromatic N) is 6. The molecular weight excluding hydrogens is 857 g/mol. The predicted octanol–water partition coefficient (Wildman–Crippen LogP) is 16.7. The minimum atomic E-state index is 0.348. The molecule has 0 aliphatic carbocycles. The summed E-state index contributed by atoms with van der Waals surface area (Å²) >= 11 is 0. The maximum absolute atomic E-state index is 12.5. The smallest absolute Gasteiger partial charge is 0.237 e. The van der Waals surface area contributed by atoms with Crippen LogP contribution in [0.5, 0.6) is 0 Å². The van der Waals surface area contributed by atoms with Crippen LogP contribution in [0.3, 0.4) is 0 Å². The summed E-state index contributed by atoms with van der Waals surface area (Å²) in [7, 11) is 0. The number of fused-ring (bicyclic) bond motifs is 16. The van der Waals surface area contributed by atoms with Crippen molar-refractivity contribution in [3.05, 3.63) is 223 Å². The lowest BCUT2D eigenvalue weighted by atomic mass is 10.0. The van der Waals surface area contributed by atoms with Gasteiger partial charge in [-0.25, -0.2) is 4.85 Å². The predicted molar refractivity (Wildman–Crippen MR) is 287 cm³/mol. The number of nitriles is 1. The van der Waals surface area contributed by atoms with E-state index in [1.165, 1.54) is 0 Å². The fourth-order valence-corrected chi connectivity index (χ4v) is 11.9. The Morgan fingerprint density at radius 1 is 0.400 bits per heavy atom. The van der Waals surface area contributed by atoms with E-state index in [-0.39, 0.29) is 0 Å². The van der Waals surface area contributed by atoms with Gasteiger partial charge in [-0.2, -0.15) is 5.26 Å². The van der Waals surface area contributed by atoms with Crippen molar-refractivity contribution in [3.8, 4) is 28.8 Å². The molecule has 5 heterocycles. The lowest BCUT2D eigenvalue weighted by Gasteiger charge is -2.27. The lowest BCUT2D eigenvalue weighted by Crippen LogP contribution is -2.14. The molecule has 324 valence electrons. The highest BCUT2D eigenvalue weighted by Crippen LogP contribution is 2.52. The SMILES string of the molecule is [C-]#[N+]c1c(-n2c3ccccc3c3ccccc32)c(C#N)c(-n2c3ccc(C)cc3c3ccc4c5ccccc5oc4c32)c(-n2c3ccccc3c3ccccc32)c1-n1c2ccccc2c2ccccc21. The second-order valence-electron chi connectivity index (χ2n) is 18.2. The Kier molecular flexibility index (Phi) is 7.72. The van der Waals surface area contributed by atoms with Crippen LogP contribution in [-0.4, -0.2) is 18.3 Å². The van der Waals surface area contributed by atoms with Gasteiger partial charge in [-0.15, -0.1) is 0 Å². The van der Waals surface area contributed by atoms with Crippen LogP contribution < -0.4 is 0 Å². The first-order valence-electron chi connectivity index (χ1n) is 23.5. The largest absolute Gasteiger partial charge is 0.454 e. The number of furan rings is 1. The van der Waals surface area contributed by atoms with Crippen LogP contribution in [-0.2, 0) is 0 Å². The zero-order chi connectivity index (χ0) is 46.4. The molecule has 5 aromatic heterocycles. The van der Waals surface area contributed by atoms with E-state index in [1.54, 1.807) is 0 Å². The van der Waals surface area contributed by atoms with E-state index in [2.05, 4.69) is 201 Å². The number of para-hydroxylation sites is 7. The number of hydrogen-bond acceptors (Lipinski definition) is 2. The highest BCUT2D eigenvalue weighted by Gasteiger charge is 2.35. The molecule has 0 saturated heterocycles. The highest BCUT2D eigenvalue weighted by atomic mass is 16.3. The second kappa shape index (κ2) is 14.1. The Morgan fingerprint density at radius 3 is 1.30 bits per heavy atom. The van der Waals surface area contributed by atoms with Gasteiger partial charge < -0.3 is 22.7 Å². The van der Waals surface area contributed by atoms with Crippen molar-refractivity contribution in [2.24, 2.45) is 0 Å². The Hall–Kier alpha value is -9.82. The fraction of sp³-hybridized carbons (Fsp3) is 0.0159. The molecule has 0 atom stereocenters. The summed E-state index contributed by atoms with van der Waals surface area (Å²) in [5, 5.41) is 22.8. The molecule has 7 heteroatoms. The van der Waals surface area contributed by atoms with Crippen LogP contribution in [0.2, 0.25) is 0 Å². The third-order valence-electron chi connectivity index (χ3n) is 14.7. The zero-order valence-electron chi connectivity index (χ0n) is 37.6. The molecule has 0 spiro atoms. The summed E-state index contributed by atoms with van der Waals surface area (Å²) in [6, 6.07) is 72.6. The van der Waals surface area contributed by atoms with Crippen molar-refractivity contribution < 1.29 is 4.42 Å². The molecular formula is C63H36N6O. The fourth-order valence-electron chi connectivity index (χ4n) is 11.9. The highest BCUT2D eigenvalue weighted by molar-refractivity contribution is 6.23. The van der Waals surface area contributed by atoms with Gasteiger partial charge in [-0.3, -0.25) is 0 Å². The monoisotopic (exact) mass is 892 g/mol. The van der Waals surface area contributed by atoms with Crippen LogP contribution >= 0.6 is 0 Å². The summed E-state index contributed by atoms with van der Waals surface area (Å²) in [6.07, 6.45) is 0. The maximum atomic E-state index is 12.5. The number of rotatable bonds is 4. The Balaban J connectivity index is 1.31. The van der Waals surface area contributed by atoms with E-state index in [4.69, 9.17) is 9.26 Å². The minimum Gasteiger partial charge on any atom is -0.454 e. The Bertz CT molecular complexity index is 4720. The van der Waals surface area contributed by atoms with Gasteiger partial charge >= 0.3 is 0 Å². The van der Waals surface area contributed by atoms with Gasteiger partial charge in [0.25, 0.3) is 0 Å². The van der Waals surface area contributed by atoms with Gasteiger partial charge in [-0.05, 0) is 67.6 Å². The van der Waals surface area contributed by atoms with Crippen molar-refractivity contribution >= 4 is 115 Å². The summed E-state index contributed by atoms with van der Waals surface area (Å²) in [4.78, 5) is 4.70. The third kappa shape index (κ3) is 4.89. The normalized spacial score (nSPS) is 12.0. The first-order valence-corrected chi connectivity index (χ1v) is 23.5. The van der Waals surface area contributed by atoms with Crippen molar-refractivity contribution in [2.75, 3.05) is 0 Å². The molecule has 0 unspecified atom stereocenters. The molecule has 0 aliphatic heterocycles. The van der Waals surface area contributed by atoms with Crippen LogP contribution in [0.25, 0.3) is 137 Å². The zero-order valence-corrected chi connectivity index (χ0v) is 37.6. The first kappa shape index (κ1) is 38.3. The topological polar surface area (TPSA) is 61.0 Å². The average molecular weight is 893 g/mol. The molecule has 70 heavy (non-hydrogen) atoms. The van der Waals surface area contributed by atoms with Gasteiger partial charge in [-0.1, -0.05) is 145 Å². The second-order valence-corrected chi connectivity index (χ2v) is 18.2. The number of aromatic nitrogens is 4. The van der Waals surface area contributed by atoms with E-state index in [9.17, 15) is 11.8 Å². The van der Waals surface area contributed by atoms with Gasteiger partial charge in [0, 0.05) is 53.9 Å². The number of benzene rings is 10. The third-order valence-corrected chi connectivity index (χ3v) is 14.7. The van der Waals surface area contributed by atoms with Gasteiger partial charge in [0.1, 0.15) is 11.7 Å². The maximum Gasteiger partial charge on any atom is 0.237 e. The van der Waals surface area contributed by atoms with Crippen LogP contribution in [0.4, 0.5) is 5.69 Å². The molecule has 0 fully saturated rings. The van der Waals surface area contributed by atoms with Crippen molar-refractivity contribution in [1.29, 1.82) is 5.26 Å². The van der Waals surface area contributed by atoms with E-state index in [0.29, 0.717) is 34.0 Å². The first-order chi connectivity index (χ1) is 34.6. The molecule has 0 amide bonds. The summed E-state index contributed by atoms with van der Waals surface area (Å²) < 4.78 is 16.1.